The number of ether oxygens (including phenoxy) is 1. The second-order valence-electron chi connectivity index (χ2n) is 3.41. The molecule has 5 heteroatoms. The van der Waals surface area contributed by atoms with Gasteiger partial charge in [-0.05, 0) is 25.0 Å². The van der Waals surface area contributed by atoms with Crippen molar-refractivity contribution >= 4 is 12.0 Å². The fourth-order valence-electron chi connectivity index (χ4n) is 1.24. The minimum absolute atomic E-state index is 0.0538. The summed E-state index contributed by atoms with van der Waals surface area (Å²) in [5.74, 6) is 0.519. The molecule has 2 rings (SSSR count). The smallest absolute Gasteiger partial charge is 0.280 e. The average molecular weight is 207 g/mol. The summed E-state index contributed by atoms with van der Waals surface area (Å²) in [5.41, 5.74) is -0.133. The maximum absolute atomic E-state index is 10.6. The lowest BCUT2D eigenvalue weighted by molar-refractivity contribution is -0.385. The van der Waals surface area contributed by atoms with Crippen LogP contribution in [0.4, 0.5) is 5.69 Å². The summed E-state index contributed by atoms with van der Waals surface area (Å²) < 4.78 is 5.42. The molecule has 1 fully saturated rings. The Labute approximate surface area is 85.8 Å². The average Bonchev–Trinajstić information content (AvgIpc) is 3.01. The third-order valence-electron chi connectivity index (χ3n) is 2.15. The Morgan fingerprint density at radius 3 is 2.73 bits per heavy atom. The molecule has 0 aromatic heterocycles. The first kappa shape index (κ1) is 9.64. The van der Waals surface area contributed by atoms with E-state index in [9.17, 15) is 14.9 Å². The Hall–Kier alpha value is -1.91. The first-order chi connectivity index (χ1) is 7.20. The molecule has 78 valence electrons. The van der Waals surface area contributed by atoms with Crippen molar-refractivity contribution in [2.45, 2.75) is 18.9 Å². The predicted octanol–water partition coefficient (Wildman–Crippen LogP) is 1.95. The Balaban J connectivity index is 2.28. The number of nitrogens with zero attached hydrogens (tertiary/aromatic N) is 1. The molecule has 1 aromatic rings. The molecule has 0 N–H and O–H groups in total. The number of carbonyl (C=O) groups is 1. The van der Waals surface area contributed by atoms with Gasteiger partial charge in [0.2, 0.25) is 0 Å². The predicted molar refractivity (Wildman–Crippen MR) is 52.1 cm³/mol. The number of carbonyl (C=O) groups excluding carboxylic acids is 1. The van der Waals surface area contributed by atoms with Crippen LogP contribution < -0.4 is 4.74 Å². The number of hydrogen-bond donors (Lipinski definition) is 0. The number of nitro groups is 1. The van der Waals surface area contributed by atoms with E-state index in [0.29, 0.717) is 12.0 Å². The molecule has 1 aromatic carbocycles. The van der Waals surface area contributed by atoms with E-state index < -0.39 is 4.92 Å². The van der Waals surface area contributed by atoms with Gasteiger partial charge in [-0.25, -0.2) is 0 Å². The lowest BCUT2D eigenvalue weighted by Gasteiger charge is -2.04. The van der Waals surface area contributed by atoms with Gasteiger partial charge >= 0.3 is 0 Å². The molecule has 0 atom stereocenters. The molecule has 1 aliphatic rings. The number of rotatable bonds is 4. The van der Waals surface area contributed by atoms with E-state index in [1.165, 1.54) is 18.2 Å². The van der Waals surface area contributed by atoms with Crippen molar-refractivity contribution in [3.63, 3.8) is 0 Å². The zero-order valence-electron chi connectivity index (χ0n) is 7.88. The zero-order chi connectivity index (χ0) is 10.8. The Bertz CT molecular complexity index is 412. The van der Waals surface area contributed by atoms with Crippen molar-refractivity contribution in [2.24, 2.45) is 0 Å². The lowest BCUT2D eigenvalue weighted by Crippen LogP contribution is -1.99. The summed E-state index contributed by atoms with van der Waals surface area (Å²) >= 11 is 0. The van der Waals surface area contributed by atoms with Crippen LogP contribution in [0.2, 0.25) is 0 Å². The topological polar surface area (TPSA) is 69.4 Å². The van der Waals surface area contributed by atoms with E-state index in [4.69, 9.17) is 4.74 Å². The molecule has 5 nitrogen and oxygen atoms in total. The monoisotopic (exact) mass is 207 g/mol. The second-order valence-corrected chi connectivity index (χ2v) is 3.41. The van der Waals surface area contributed by atoms with Crippen LogP contribution in [0.3, 0.4) is 0 Å². The molecule has 0 aliphatic heterocycles. The van der Waals surface area contributed by atoms with Crippen LogP contribution in [0.1, 0.15) is 23.2 Å². The van der Waals surface area contributed by atoms with Gasteiger partial charge < -0.3 is 4.74 Å². The highest BCUT2D eigenvalue weighted by Gasteiger charge is 2.24. The summed E-state index contributed by atoms with van der Waals surface area (Å²) in [5, 5.41) is 10.5. The van der Waals surface area contributed by atoms with Crippen LogP contribution in [0.25, 0.3) is 0 Å². The van der Waals surface area contributed by atoms with Crippen LogP contribution >= 0.6 is 0 Å². The van der Waals surface area contributed by atoms with E-state index in [0.717, 1.165) is 12.8 Å². The number of hydrogen-bond acceptors (Lipinski definition) is 4. The number of aldehydes is 1. The molecule has 0 bridgehead atoms. The molecule has 0 saturated heterocycles. The largest absolute Gasteiger partial charge is 0.490 e. The minimum atomic E-state index is -0.579. The summed E-state index contributed by atoms with van der Waals surface area (Å²) in [4.78, 5) is 20.6. The fourth-order valence-corrected chi connectivity index (χ4v) is 1.24. The van der Waals surface area contributed by atoms with Gasteiger partial charge in [0.15, 0.2) is 6.29 Å². The summed E-state index contributed by atoms with van der Waals surface area (Å²) in [6, 6.07) is 4.22. The van der Waals surface area contributed by atoms with E-state index in [1.807, 2.05) is 0 Å². The molecule has 1 saturated carbocycles. The quantitative estimate of drug-likeness (QED) is 0.430. The normalized spacial score (nSPS) is 14.7. The van der Waals surface area contributed by atoms with Gasteiger partial charge in [0.25, 0.3) is 5.69 Å². The third kappa shape index (κ3) is 2.12. The fraction of sp³-hybridized carbons (Fsp3) is 0.300. The molecule has 0 radical (unpaired) electrons. The summed E-state index contributed by atoms with van der Waals surface area (Å²) in [6.07, 6.45) is 2.70. The van der Waals surface area contributed by atoms with E-state index in [1.54, 1.807) is 0 Å². The van der Waals surface area contributed by atoms with Crippen molar-refractivity contribution in [1.82, 2.24) is 0 Å². The van der Waals surface area contributed by atoms with Gasteiger partial charge in [-0.1, -0.05) is 0 Å². The van der Waals surface area contributed by atoms with E-state index in [2.05, 4.69) is 0 Å². The molecule has 0 unspecified atom stereocenters. The standard InChI is InChI=1S/C10H9NO4/c12-6-7-5-9(15-8-1-2-8)3-4-10(7)11(13)14/h3-6,8H,1-2H2. The number of nitro benzene ring substituents is 1. The Morgan fingerprint density at radius 1 is 1.47 bits per heavy atom. The van der Waals surface area contributed by atoms with E-state index >= 15 is 0 Å². The lowest BCUT2D eigenvalue weighted by atomic mass is 10.2. The van der Waals surface area contributed by atoms with Gasteiger partial charge in [-0.2, -0.15) is 0 Å². The molecule has 15 heavy (non-hydrogen) atoms. The first-order valence-corrected chi connectivity index (χ1v) is 4.61. The van der Waals surface area contributed by atoms with Crippen LogP contribution in [0.15, 0.2) is 18.2 Å². The zero-order valence-corrected chi connectivity index (χ0v) is 7.88. The maximum atomic E-state index is 10.6. The van der Waals surface area contributed by atoms with Crippen LogP contribution in [-0.2, 0) is 0 Å². The van der Waals surface area contributed by atoms with Crippen molar-refractivity contribution < 1.29 is 14.5 Å². The van der Waals surface area contributed by atoms with Gasteiger partial charge in [0, 0.05) is 6.07 Å². The first-order valence-electron chi connectivity index (χ1n) is 4.61. The molecular weight excluding hydrogens is 198 g/mol. The van der Waals surface area contributed by atoms with Gasteiger partial charge in [-0.3, -0.25) is 14.9 Å². The van der Waals surface area contributed by atoms with Gasteiger partial charge in [0.05, 0.1) is 16.6 Å². The summed E-state index contributed by atoms with van der Waals surface area (Å²) in [6.45, 7) is 0. The van der Waals surface area contributed by atoms with Crippen molar-refractivity contribution in [2.75, 3.05) is 0 Å². The summed E-state index contributed by atoms with van der Waals surface area (Å²) in [7, 11) is 0. The highest BCUT2D eigenvalue weighted by Crippen LogP contribution is 2.29. The SMILES string of the molecule is O=Cc1cc(OC2CC2)ccc1[N+](=O)[O-]. The number of benzene rings is 1. The molecule has 0 heterocycles. The van der Waals surface area contributed by atoms with Crippen molar-refractivity contribution in [3.8, 4) is 5.75 Å². The molecular formula is C10H9NO4. The molecule has 0 amide bonds. The Morgan fingerprint density at radius 2 is 2.20 bits per heavy atom. The second kappa shape index (κ2) is 3.68. The van der Waals surface area contributed by atoms with Crippen molar-refractivity contribution in [1.29, 1.82) is 0 Å². The van der Waals surface area contributed by atoms with Crippen LogP contribution in [-0.4, -0.2) is 17.3 Å². The highest BCUT2D eigenvalue weighted by molar-refractivity contribution is 5.82. The minimum Gasteiger partial charge on any atom is -0.490 e. The van der Waals surface area contributed by atoms with Crippen LogP contribution in [0.5, 0.6) is 5.75 Å². The van der Waals surface area contributed by atoms with Crippen LogP contribution in [0, 0.1) is 10.1 Å². The van der Waals surface area contributed by atoms with E-state index in [-0.39, 0.29) is 17.4 Å². The maximum Gasteiger partial charge on any atom is 0.280 e. The third-order valence-corrected chi connectivity index (χ3v) is 2.15. The van der Waals surface area contributed by atoms with Gasteiger partial charge in [-0.15, -0.1) is 0 Å². The highest BCUT2D eigenvalue weighted by atomic mass is 16.6. The Kier molecular flexibility index (Phi) is 2.37. The molecule has 0 spiro atoms. The molecule has 1 aliphatic carbocycles. The van der Waals surface area contributed by atoms with Gasteiger partial charge in [0.1, 0.15) is 5.75 Å². The van der Waals surface area contributed by atoms with Crippen molar-refractivity contribution in [3.05, 3.63) is 33.9 Å².